The highest BCUT2D eigenvalue weighted by molar-refractivity contribution is 5.82. The lowest BCUT2D eigenvalue weighted by atomic mass is 9.93. The molecule has 1 aliphatic carbocycles. The average molecular weight is 438 g/mol. The van der Waals surface area contributed by atoms with E-state index in [2.05, 4.69) is 21.1 Å². The van der Waals surface area contributed by atoms with Gasteiger partial charge < -0.3 is 14.7 Å². The fraction of sp³-hybridized carbons (Fsp3) is 0.280. The summed E-state index contributed by atoms with van der Waals surface area (Å²) in [4.78, 5) is 11.0. The van der Waals surface area contributed by atoms with Crippen molar-refractivity contribution in [3.8, 4) is 17.5 Å². The number of aliphatic hydroxyl groups excluding tert-OH is 1. The summed E-state index contributed by atoms with van der Waals surface area (Å²) in [5.74, 6) is 1.59. The van der Waals surface area contributed by atoms with Crippen LogP contribution in [0, 0.1) is 11.3 Å². The highest BCUT2D eigenvalue weighted by atomic mass is 16.5. The van der Waals surface area contributed by atoms with Crippen LogP contribution in [0.25, 0.3) is 16.6 Å². The molecule has 1 saturated heterocycles. The molecule has 1 fully saturated rings. The van der Waals surface area contributed by atoms with E-state index in [1.165, 1.54) is 0 Å². The Kier molecular flexibility index (Phi) is 4.70. The largest absolute Gasteiger partial charge is 0.484 e. The van der Waals surface area contributed by atoms with Crippen molar-refractivity contribution >= 4 is 16.7 Å². The number of anilines is 1. The van der Waals surface area contributed by atoms with Gasteiger partial charge in [-0.3, -0.25) is 4.98 Å². The molecule has 0 bridgehead atoms. The van der Waals surface area contributed by atoms with Crippen LogP contribution in [0.2, 0.25) is 0 Å². The molecule has 6 rings (SSSR count). The summed E-state index contributed by atoms with van der Waals surface area (Å²) < 4.78 is 8.27. The van der Waals surface area contributed by atoms with Gasteiger partial charge in [0.05, 0.1) is 34.8 Å². The zero-order chi connectivity index (χ0) is 22.4. The molecule has 0 saturated carbocycles. The summed E-state index contributed by atoms with van der Waals surface area (Å²) in [5, 5.41) is 24.4. The van der Waals surface area contributed by atoms with Gasteiger partial charge in [0.15, 0.2) is 0 Å². The van der Waals surface area contributed by atoms with Crippen molar-refractivity contribution in [2.75, 3.05) is 18.0 Å². The van der Waals surface area contributed by atoms with E-state index < -0.39 is 0 Å². The minimum Gasteiger partial charge on any atom is -0.484 e. The van der Waals surface area contributed by atoms with E-state index in [-0.39, 0.29) is 12.2 Å². The van der Waals surface area contributed by atoms with Gasteiger partial charge in [-0.15, -0.1) is 0 Å². The first kappa shape index (κ1) is 19.7. The Labute approximate surface area is 190 Å². The molecular weight excluding hydrogens is 416 g/mol. The van der Waals surface area contributed by atoms with Crippen LogP contribution in [0.3, 0.4) is 0 Å². The summed E-state index contributed by atoms with van der Waals surface area (Å²) >= 11 is 0. The SMILES string of the molecule is N#Cc1cnc2c(c1)CCC[C@H]2Oc1ccc2cnn(-c3ccnc(N4CC(O)C4)c3)c2c1. The van der Waals surface area contributed by atoms with Crippen LogP contribution >= 0.6 is 0 Å². The number of hydrogen-bond donors (Lipinski definition) is 1. The van der Waals surface area contributed by atoms with Gasteiger partial charge in [-0.1, -0.05) is 0 Å². The zero-order valence-corrected chi connectivity index (χ0v) is 17.9. The number of β-amino-alcohol motifs (C(OH)–C–C–N with tert-alkyl or cyclic N) is 1. The van der Waals surface area contributed by atoms with Crippen LogP contribution in [0.4, 0.5) is 5.82 Å². The van der Waals surface area contributed by atoms with Crippen molar-refractivity contribution in [2.45, 2.75) is 31.5 Å². The van der Waals surface area contributed by atoms with Crippen molar-refractivity contribution in [2.24, 2.45) is 0 Å². The second-order valence-corrected chi connectivity index (χ2v) is 8.59. The molecule has 164 valence electrons. The van der Waals surface area contributed by atoms with Gasteiger partial charge in [-0.2, -0.15) is 10.4 Å². The van der Waals surface area contributed by atoms with Gasteiger partial charge in [-0.25, -0.2) is 9.67 Å². The number of pyridine rings is 2. The van der Waals surface area contributed by atoms with E-state index in [1.54, 1.807) is 12.4 Å². The molecule has 0 unspecified atom stereocenters. The first-order valence-corrected chi connectivity index (χ1v) is 11.1. The Hall–Kier alpha value is -3.96. The highest BCUT2D eigenvalue weighted by Crippen LogP contribution is 2.34. The van der Waals surface area contributed by atoms with Gasteiger partial charge in [0.1, 0.15) is 23.7 Å². The Balaban J connectivity index is 1.31. The second kappa shape index (κ2) is 7.87. The molecule has 33 heavy (non-hydrogen) atoms. The van der Waals surface area contributed by atoms with E-state index in [1.807, 2.05) is 52.2 Å². The van der Waals surface area contributed by atoms with E-state index in [0.717, 1.165) is 58.7 Å². The lowest BCUT2D eigenvalue weighted by molar-refractivity contribution is 0.141. The van der Waals surface area contributed by atoms with E-state index in [4.69, 9.17) is 10.00 Å². The second-order valence-electron chi connectivity index (χ2n) is 8.59. The third-order valence-electron chi connectivity index (χ3n) is 6.33. The minimum absolute atomic E-state index is 0.138. The van der Waals surface area contributed by atoms with Crippen LogP contribution in [-0.2, 0) is 6.42 Å². The third-order valence-corrected chi connectivity index (χ3v) is 6.33. The summed E-state index contributed by atoms with van der Waals surface area (Å²) in [6.45, 7) is 1.20. The Morgan fingerprint density at radius 1 is 1.09 bits per heavy atom. The molecule has 4 aromatic rings. The summed E-state index contributed by atoms with van der Waals surface area (Å²) in [5.41, 5.74) is 4.45. The van der Waals surface area contributed by atoms with Gasteiger partial charge in [-0.05, 0) is 49.1 Å². The fourth-order valence-electron chi connectivity index (χ4n) is 4.60. The van der Waals surface area contributed by atoms with Gasteiger partial charge in [0, 0.05) is 43.0 Å². The number of aryl methyl sites for hydroxylation is 1. The average Bonchev–Trinajstić information content (AvgIpc) is 3.25. The molecule has 1 N–H and O–H groups in total. The molecule has 1 atom stereocenters. The van der Waals surface area contributed by atoms with Crippen molar-refractivity contribution in [3.63, 3.8) is 0 Å². The maximum Gasteiger partial charge on any atom is 0.141 e. The Bertz CT molecular complexity index is 1390. The summed E-state index contributed by atoms with van der Waals surface area (Å²) in [6.07, 6.45) is 7.61. The van der Waals surface area contributed by atoms with Crippen LogP contribution in [0.1, 0.15) is 35.8 Å². The topological polar surface area (TPSA) is 100 Å². The minimum atomic E-state index is -0.286. The third kappa shape index (κ3) is 3.56. The number of benzene rings is 1. The lowest BCUT2D eigenvalue weighted by Gasteiger charge is -2.36. The molecule has 0 spiro atoms. The molecule has 1 aromatic carbocycles. The molecule has 2 aliphatic rings. The molecule has 3 aromatic heterocycles. The number of hydrogen-bond acceptors (Lipinski definition) is 7. The van der Waals surface area contributed by atoms with Crippen molar-refractivity contribution in [3.05, 3.63) is 71.8 Å². The smallest absolute Gasteiger partial charge is 0.141 e. The number of nitrogens with zero attached hydrogens (tertiary/aromatic N) is 6. The van der Waals surface area contributed by atoms with Crippen molar-refractivity contribution < 1.29 is 9.84 Å². The van der Waals surface area contributed by atoms with Gasteiger partial charge in [0.25, 0.3) is 0 Å². The van der Waals surface area contributed by atoms with Crippen LogP contribution in [0.5, 0.6) is 5.75 Å². The standard InChI is InChI=1S/C25H22N6O2/c26-11-16-8-17-2-1-3-23(25(17)28-12-16)33-21-5-4-18-13-29-31(22(18)10-21)19-6-7-27-24(9-19)30-14-20(32)15-30/h4-10,12-13,20,23,32H,1-3,14-15H2/t23-/m1/s1. The number of ether oxygens (including phenoxy) is 1. The van der Waals surface area contributed by atoms with E-state index >= 15 is 0 Å². The maximum atomic E-state index is 9.61. The van der Waals surface area contributed by atoms with Crippen LogP contribution in [0.15, 0.2) is 55.0 Å². The number of aliphatic hydroxyl groups is 1. The maximum absolute atomic E-state index is 9.61. The predicted molar refractivity (Wildman–Crippen MR) is 122 cm³/mol. The molecule has 0 radical (unpaired) electrons. The van der Waals surface area contributed by atoms with E-state index in [9.17, 15) is 5.11 Å². The lowest BCUT2D eigenvalue weighted by Crippen LogP contribution is -2.51. The number of fused-ring (bicyclic) bond motifs is 2. The normalized spacial score (nSPS) is 17.9. The van der Waals surface area contributed by atoms with Crippen molar-refractivity contribution in [1.29, 1.82) is 5.26 Å². The fourth-order valence-corrected chi connectivity index (χ4v) is 4.60. The zero-order valence-electron chi connectivity index (χ0n) is 17.9. The van der Waals surface area contributed by atoms with Gasteiger partial charge >= 0.3 is 0 Å². The Morgan fingerprint density at radius 2 is 2.00 bits per heavy atom. The molecule has 8 heteroatoms. The van der Waals surface area contributed by atoms with Crippen molar-refractivity contribution in [1.82, 2.24) is 19.7 Å². The first-order chi connectivity index (χ1) is 16.2. The Morgan fingerprint density at radius 3 is 2.85 bits per heavy atom. The summed E-state index contributed by atoms with van der Waals surface area (Å²) in [7, 11) is 0. The van der Waals surface area contributed by atoms with Gasteiger partial charge in [0.2, 0.25) is 0 Å². The molecule has 4 heterocycles. The van der Waals surface area contributed by atoms with Crippen LogP contribution in [-0.4, -0.2) is 44.0 Å². The quantitative estimate of drug-likeness (QED) is 0.522. The van der Waals surface area contributed by atoms with E-state index in [0.29, 0.717) is 18.7 Å². The van der Waals surface area contributed by atoms with Crippen LogP contribution < -0.4 is 9.64 Å². The number of nitriles is 1. The molecule has 1 aliphatic heterocycles. The molecular formula is C25H22N6O2. The molecule has 8 nitrogen and oxygen atoms in total. The molecule has 0 amide bonds. The predicted octanol–water partition coefficient (Wildman–Crippen LogP) is 3.32. The number of rotatable bonds is 4. The highest BCUT2D eigenvalue weighted by Gasteiger charge is 2.26. The first-order valence-electron chi connectivity index (χ1n) is 11.1. The summed E-state index contributed by atoms with van der Waals surface area (Å²) in [6, 6.07) is 14.0. The monoisotopic (exact) mass is 438 g/mol. The number of aromatic nitrogens is 4.